The molecule has 112 valence electrons. The highest BCUT2D eigenvalue weighted by atomic mass is 16.5. The quantitative estimate of drug-likeness (QED) is 0.913. The Labute approximate surface area is 121 Å². The number of aromatic nitrogens is 2. The number of morpholine rings is 1. The summed E-state index contributed by atoms with van der Waals surface area (Å²) in [5, 5.41) is 3.41. The van der Waals surface area contributed by atoms with Gasteiger partial charge in [0.15, 0.2) is 0 Å². The molecule has 3 heterocycles. The number of nitrogens with one attached hydrogen (secondary N) is 1. The van der Waals surface area contributed by atoms with Gasteiger partial charge < -0.3 is 14.6 Å². The molecule has 1 aromatic heterocycles. The van der Waals surface area contributed by atoms with Crippen LogP contribution in [-0.2, 0) is 11.3 Å². The molecular formula is C15H26N4O. The van der Waals surface area contributed by atoms with Gasteiger partial charge in [0.1, 0.15) is 0 Å². The Balaban J connectivity index is 1.65. The van der Waals surface area contributed by atoms with Gasteiger partial charge in [-0.25, -0.2) is 4.98 Å². The van der Waals surface area contributed by atoms with Gasteiger partial charge in [0, 0.05) is 24.8 Å². The molecule has 2 atom stereocenters. The molecule has 2 unspecified atom stereocenters. The van der Waals surface area contributed by atoms with E-state index in [2.05, 4.69) is 39.8 Å². The lowest BCUT2D eigenvalue weighted by molar-refractivity contribution is -0.0549. The normalized spacial score (nSPS) is 27.0. The van der Waals surface area contributed by atoms with E-state index in [0.29, 0.717) is 12.1 Å². The Morgan fingerprint density at radius 1 is 1.50 bits per heavy atom. The van der Waals surface area contributed by atoms with Crippen LogP contribution in [0.1, 0.15) is 32.4 Å². The lowest BCUT2D eigenvalue weighted by Gasteiger charge is -2.35. The summed E-state index contributed by atoms with van der Waals surface area (Å²) in [6.07, 6.45) is 5.03. The first-order valence-corrected chi connectivity index (χ1v) is 7.78. The number of fused-ring (bicyclic) bond motifs is 1. The second-order valence-corrected chi connectivity index (χ2v) is 6.40. The van der Waals surface area contributed by atoms with Crippen LogP contribution in [0.3, 0.4) is 0 Å². The van der Waals surface area contributed by atoms with Gasteiger partial charge in [-0.2, -0.15) is 0 Å². The Bertz CT molecular complexity index is 457. The Hall–Kier alpha value is -1.07. The molecule has 0 radical (unpaired) electrons. The molecule has 0 amide bonds. The maximum absolute atomic E-state index is 6.05. The van der Waals surface area contributed by atoms with Gasteiger partial charge in [-0.15, -0.1) is 0 Å². The molecule has 2 aliphatic heterocycles. The zero-order valence-corrected chi connectivity index (χ0v) is 12.8. The molecule has 3 rings (SSSR count). The summed E-state index contributed by atoms with van der Waals surface area (Å²) < 4.78 is 8.25. The highest BCUT2D eigenvalue weighted by Crippen LogP contribution is 2.24. The number of rotatable bonds is 4. The fraction of sp³-hybridized carbons (Fsp3) is 0.800. The smallest absolute Gasteiger partial charge is 0.203 e. The van der Waals surface area contributed by atoms with Crippen molar-refractivity contribution in [2.75, 3.05) is 25.0 Å². The number of imidazole rings is 1. The summed E-state index contributed by atoms with van der Waals surface area (Å²) in [4.78, 5) is 7.16. The third-order valence-corrected chi connectivity index (χ3v) is 4.18. The van der Waals surface area contributed by atoms with Crippen LogP contribution in [0.25, 0.3) is 0 Å². The van der Waals surface area contributed by atoms with Crippen LogP contribution >= 0.6 is 0 Å². The van der Waals surface area contributed by atoms with Crippen molar-refractivity contribution in [1.82, 2.24) is 14.5 Å². The van der Waals surface area contributed by atoms with Crippen molar-refractivity contribution in [3.8, 4) is 0 Å². The molecule has 2 fully saturated rings. The number of anilines is 1. The van der Waals surface area contributed by atoms with Crippen molar-refractivity contribution in [2.24, 2.45) is 0 Å². The van der Waals surface area contributed by atoms with Crippen LogP contribution < -0.4 is 5.32 Å². The third-order valence-electron chi connectivity index (χ3n) is 4.18. The second kappa shape index (κ2) is 5.74. The molecule has 0 saturated carbocycles. The Kier molecular flexibility index (Phi) is 3.98. The van der Waals surface area contributed by atoms with Crippen molar-refractivity contribution < 1.29 is 4.74 Å². The van der Waals surface area contributed by atoms with E-state index in [9.17, 15) is 0 Å². The Morgan fingerprint density at radius 3 is 3.15 bits per heavy atom. The highest BCUT2D eigenvalue weighted by molar-refractivity contribution is 5.29. The largest absolute Gasteiger partial charge is 0.373 e. The first-order chi connectivity index (χ1) is 9.61. The second-order valence-electron chi connectivity index (χ2n) is 6.40. The van der Waals surface area contributed by atoms with Crippen molar-refractivity contribution in [3.05, 3.63) is 11.9 Å². The molecule has 5 nitrogen and oxygen atoms in total. The molecule has 1 aromatic rings. The first-order valence-electron chi connectivity index (χ1n) is 7.78. The van der Waals surface area contributed by atoms with Crippen molar-refractivity contribution in [2.45, 2.75) is 58.3 Å². The van der Waals surface area contributed by atoms with Gasteiger partial charge in [0.2, 0.25) is 5.95 Å². The van der Waals surface area contributed by atoms with E-state index in [1.807, 2.05) is 6.92 Å². The average molecular weight is 278 g/mol. The van der Waals surface area contributed by atoms with Crippen LogP contribution in [-0.4, -0.2) is 52.3 Å². The zero-order valence-electron chi connectivity index (χ0n) is 12.8. The summed E-state index contributed by atoms with van der Waals surface area (Å²) in [6, 6.07) is 1.06. The van der Waals surface area contributed by atoms with Crippen molar-refractivity contribution in [1.29, 1.82) is 0 Å². The van der Waals surface area contributed by atoms with Gasteiger partial charge in [-0.05, 0) is 40.2 Å². The summed E-state index contributed by atoms with van der Waals surface area (Å²) in [5.74, 6) is 0.963. The lowest BCUT2D eigenvalue weighted by Crippen LogP contribution is -2.47. The van der Waals surface area contributed by atoms with Gasteiger partial charge in [-0.3, -0.25) is 4.90 Å². The maximum atomic E-state index is 6.05. The Morgan fingerprint density at radius 2 is 2.35 bits per heavy atom. The standard InChI is InChI=1S/C15H26N4O/c1-11(2)16-15-17-12(3)7-19(15)9-14-8-18-6-4-5-13(18)10-20-14/h7,11,13-14H,4-6,8-10H2,1-3H3,(H,16,17). The van der Waals surface area contributed by atoms with E-state index < -0.39 is 0 Å². The molecule has 2 aliphatic rings. The summed E-state index contributed by atoms with van der Waals surface area (Å²) in [6.45, 7) is 10.4. The zero-order chi connectivity index (χ0) is 14.1. The molecule has 0 bridgehead atoms. The molecular weight excluding hydrogens is 252 g/mol. The number of hydrogen-bond acceptors (Lipinski definition) is 4. The molecule has 0 aromatic carbocycles. The topological polar surface area (TPSA) is 42.3 Å². The van der Waals surface area contributed by atoms with Crippen LogP contribution in [0.15, 0.2) is 6.20 Å². The van der Waals surface area contributed by atoms with E-state index >= 15 is 0 Å². The minimum absolute atomic E-state index is 0.283. The van der Waals surface area contributed by atoms with E-state index in [0.717, 1.165) is 31.3 Å². The van der Waals surface area contributed by atoms with Gasteiger partial charge in [-0.1, -0.05) is 0 Å². The van der Waals surface area contributed by atoms with Gasteiger partial charge in [0.25, 0.3) is 0 Å². The number of aryl methyl sites for hydroxylation is 1. The van der Waals surface area contributed by atoms with E-state index in [-0.39, 0.29) is 6.10 Å². The number of ether oxygens (including phenoxy) is 1. The monoisotopic (exact) mass is 278 g/mol. The SMILES string of the molecule is Cc1cn(CC2CN3CCCC3CO2)c(NC(C)C)n1. The molecule has 20 heavy (non-hydrogen) atoms. The van der Waals surface area contributed by atoms with Crippen LogP contribution in [0, 0.1) is 6.92 Å². The predicted molar refractivity (Wildman–Crippen MR) is 80.1 cm³/mol. The fourth-order valence-corrected chi connectivity index (χ4v) is 3.27. The molecule has 5 heteroatoms. The summed E-state index contributed by atoms with van der Waals surface area (Å²) in [5.41, 5.74) is 1.06. The minimum Gasteiger partial charge on any atom is -0.373 e. The van der Waals surface area contributed by atoms with Gasteiger partial charge >= 0.3 is 0 Å². The lowest BCUT2D eigenvalue weighted by atomic mass is 10.2. The first kappa shape index (κ1) is 13.9. The van der Waals surface area contributed by atoms with E-state index in [1.54, 1.807) is 0 Å². The molecule has 2 saturated heterocycles. The fourth-order valence-electron chi connectivity index (χ4n) is 3.27. The number of hydrogen-bond donors (Lipinski definition) is 1. The third kappa shape index (κ3) is 2.99. The molecule has 0 spiro atoms. The van der Waals surface area contributed by atoms with Crippen molar-refractivity contribution in [3.63, 3.8) is 0 Å². The summed E-state index contributed by atoms with van der Waals surface area (Å²) >= 11 is 0. The average Bonchev–Trinajstić information content (AvgIpc) is 2.95. The maximum Gasteiger partial charge on any atom is 0.203 e. The van der Waals surface area contributed by atoms with E-state index in [1.165, 1.54) is 19.4 Å². The predicted octanol–water partition coefficient (Wildman–Crippen LogP) is 1.88. The van der Waals surface area contributed by atoms with Crippen LogP contribution in [0.4, 0.5) is 5.95 Å². The minimum atomic E-state index is 0.283. The van der Waals surface area contributed by atoms with Crippen LogP contribution in [0.5, 0.6) is 0 Å². The van der Waals surface area contributed by atoms with Crippen molar-refractivity contribution >= 4 is 5.95 Å². The number of nitrogens with zero attached hydrogens (tertiary/aromatic N) is 3. The molecule has 0 aliphatic carbocycles. The molecule has 1 N–H and O–H groups in total. The summed E-state index contributed by atoms with van der Waals surface area (Å²) in [7, 11) is 0. The highest BCUT2D eigenvalue weighted by Gasteiger charge is 2.32. The van der Waals surface area contributed by atoms with Gasteiger partial charge in [0.05, 0.1) is 24.9 Å². The van der Waals surface area contributed by atoms with E-state index in [4.69, 9.17) is 4.74 Å². The van der Waals surface area contributed by atoms with Crippen LogP contribution in [0.2, 0.25) is 0 Å².